The third-order valence-corrected chi connectivity index (χ3v) is 5.06. The molecule has 2 rings (SSSR count). The van der Waals surface area contributed by atoms with Crippen LogP contribution < -0.4 is 10.2 Å². The smallest absolute Gasteiger partial charge is 0.133 e. The molecule has 2 heterocycles. The van der Waals surface area contributed by atoms with Gasteiger partial charge in [-0.05, 0) is 37.9 Å². The molecule has 5 heteroatoms. The third-order valence-electron chi connectivity index (χ3n) is 3.79. The monoisotopic (exact) mass is 309 g/mol. The number of pyridine rings is 1. The van der Waals surface area contributed by atoms with Gasteiger partial charge in [0.25, 0.3) is 0 Å². The summed E-state index contributed by atoms with van der Waals surface area (Å²) < 4.78 is 11.6. The molecule has 0 atom stereocenters. The van der Waals surface area contributed by atoms with E-state index < -0.39 is 10.8 Å². The Morgan fingerprint density at radius 2 is 2.00 bits per heavy atom. The van der Waals surface area contributed by atoms with E-state index in [1.165, 1.54) is 11.1 Å². The molecule has 0 spiro atoms. The van der Waals surface area contributed by atoms with Crippen LogP contribution in [0.3, 0.4) is 0 Å². The summed E-state index contributed by atoms with van der Waals surface area (Å²) in [6.07, 6.45) is 0. The van der Waals surface area contributed by atoms with Gasteiger partial charge in [0.15, 0.2) is 0 Å². The van der Waals surface area contributed by atoms with Gasteiger partial charge in [-0.3, -0.25) is 4.21 Å². The molecular weight excluding hydrogens is 282 g/mol. The zero-order valence-electron chi connectivity index (χ0n) is 13.6. The molecule has 0 aliphatic carbocycles. The van der Waals surface area contributed by atoms with Crippen LogP contribution >= 0.6 is 0 Å². The maximum absolute atomic E-state index is 11.6. The summed E-state index contributed by atoms with van der Waals surface area (Å²) in [5, 5.41) is 3.52. The van der Waals surface area contributed by atoms with E-state index in [9.17, 15) is 4.21 Å². The van der Waals surface area contributed by atoms with Gasteiger partial charge in [0.05, 0.1) is 0 Å². The van der Waals surface area contributed by atoms with E-state index in [-0.39, 0.29) is 0 Å². The number of anilines is 1. The number of nitrogens with one attached hydrogen (secondary N) is 1. The minimum atomic E-state index is -0.649. The SMILES string of the molecule is Cc1cc(C)c(CNCC(C)C)c(N2CCS(=O)CC2)n1. The quantitative estimate of drug-likeness (QED) is 0.904. The summed E-state index contributed by atoms with van der Waals surface area (Å²) in [5.41, 5.74) is 3.64. The molecule has 0 radical (unpaired) electrons. The first-order chi connectivity index (χ1) is 9.97. The predicted octanol–water partition coefficient (Wildman–Crippen LogP) is 2.01. The standard InChI is InChI=1S/C16H27N3OS/c1-12(2)10-17-11-15-13(3)9-14(4)18-16(15)19-5-7-21(20)8-6-19/h9,12,17H,5-8,10-11H2,1-4H3. The zero-order valence-corrected chi connectivity index (χ0v) is 14.4. The molecule has 0 saturated carbocycles. The summed E-state index contributed by atoms with van der Waals surface area (Å²) in [7, 11) is -0.649. The van der Waals surface area contributed by atoms with E-state index in [2.05, 4.69) is 37.1 Å². The topological polar surface area (TPSA) is 45.2 Å². The van der Waals surface area contributed by atoms with Crippen molar-refractivity contribution in [2.75, 3.05) is 36.0 Å². The second-order valence-electron chi connectivity index (χ2n) is 6.24. The van der Waals surface area contributed by atoms with Crippen molar-refractivity contribution in [1.29, 1.82) is 0 Å². The van der Waals surface area contributed by atoms with Crippen molar-refractivity contribution in [3.05, 3.63) is 22.9 Å². The summed E-state index contributed by atoms with van der Waals surface area (Å²) in [6, 6.07) is 2.15. The molecule has 1 aliphatic heterocycles. The highest BCUT2D eigenvalue weighted by Gasteiger charge is 2.20. The third kappa shape index (κ3) is 4.51. The van der Waals surface area contributed by atoms with Crippen LogP contribution in [0, 0.1) is 19.8 Å². The average Bonchev–Trinajstić information content (AvgIpc) is 2.41. The molecule has 1 aromatic heterocycles. The molecule has 1 fully saturated rings. The molecule has 21 heavy (non-hydrogen) atoms. The van der Waals surface area contributed by atoms with Crippen LogP contribution in [0.5, 0.6) is 0 Å². The molecule has 0 amide bonds. The van der Waals surface area contributed by atoms with Crippen molar-refractivity contribution >= 4 is 16.6 Å². The van der Waals surface area contributed by atoms with Crippen LogP contribution in [0.1, 0.15) is 30.7 Å². The van der Waals surface area contributed by atoms with Crippen LogP contribution in [0.15, 0.2) is 6.07 Å². The maximum atomic E-state index is 11.6. The van der Waals surface area contributed by atoms with Crippen LogP contribution in [0.4, 0.5) is 5.82 Å². The summed E-state index contributed by atoms with van der Waals surface area (Å²) in [6.45, 7) is 12.2. The average molecular weight is 309 g/mol. The Morgan fingerprint density at radius 3 is 2.62 bits per heavy atom. The van der Waals surface area contributed by atoms with Gasteiger partial charge in [0.2, 0.25) is 0 Å². The summed E-state index contributed by atoms with van der Waals surface area (Å²) in [5.74, 6) is 3.24. The highest BCUT2D eigenvalue weighted by atomic mass is 32.2. The molecule has 0 aromatic carbocycles. The van der Waals surface area contributed by atoms with Gasteiger partial charge in [0.1, 0.15) is 5.82 Å². The molecule has 4 nitrogen and oxygen atoms in total. The first-order valence-corrected chi connectivity index (χ1v) is 9.24. The lowest BCUT2D eigenvalue weighted by Crippen LogP contribution is -2.39. The van der Waals surface area contributed by atoms with Gasteiger partial charge in [-0.25, -0.2) is 4.98 Å². The van der Waals surface area contributed by atoms with Crippen LogP contribution in [0.25, 0.3) is 0 Å². The van der Waals surface area contributed by atoms with Crippen molar-refractivity contribution in [3.8, 4) is 0 Å². The normalized spacial score (nSPS) is 16.7. The lowest BCUT2D eigenvalue weighted by molar-refractivity contribution is 0.550. The fourth-order valence-electron chi connectivity index (χ4n) is 2.66. The van der Waals surface area contributed by atoms with Crippen molar-refractivity contribution in [2.45, 2.75) is 34.2 Å². The molecular formula is C16H27N3OS. The van der Waals surface area contributed by atoms with Gasteiger partial charge in [-0.2, -0.15) is 0 Å². The largest absolute Gasteiger partial charge is 0.354 e. The first-order valence-electron chi connectivity index (χ1n) is 7.75. The Balaban J connectivity index is 2.19. The highest BCUT2D eigenvalue weighted by Crippen LogP contribution is 2.23. The molecule has 1 aliphatic rings. The Hall–Kier alpha value is -0.940. The molecule has 0 unspecified atom stereocenters. The van der Waals surface area contributed by atoms with Crippen molar-refractivity contribution in [2.24, 2.45) is 5.92 Å². The maximum Gasteiger partial charge on any atom is 0.133 e. The van der Waals surface area contributed by atoms with E-state index in [1.54, 1.807) is 0 Å². The van der Waals surface area contributed by atoms with E-state index in [0.29, 0.717) is 5.92 Å². The van der Waals surface area contributed by atoms with Crippen LogP contribution in [0.2, 0.25) is 0 Å². The number of aromatic nitrogens is 1. The summed E-state index contributed by atoms with van der Waals surface area (Å²) >= 11 is 0. The second kappa shape index (κ2) is 7.36. The van der Waals surface area contributed by atoms with Crippen molar-refractivity contribution in [3.63, 3.8) is 0 Å². The second-order valence-corrected chi connectivity index (χ2v) is 7.94. The Morgan fingerprint density at radius 1 is 1.33 bits per heavy atom. The number of aryl methyl sites for hydroxylation is 2. The molecule has 1 aromatic rings. The van der Waals surface area contributed by atoms with E-state index in [4.69, 9.17) is 4.98 Å². The molecule has 1 saturated heterocycles. The zero-order chi connectivity index (χ0) is 15.4. The predicted molar refractivity (Wildman–Crippen MR) is 90.3 cm³/mol. The number of rotatable bonds is 5. The Bertz CT molecular complexity index is 506. The Labute approximate surface area is 130 Å². The van der Waals surface area contributed by atoms with E-state index in [0.717, 1.165) is 49.2 Å². The van der Waals surface area contributed by atoms with E-state index >= 15 is 0 Å². The van der Waals surface area contributed by atoms with Crippen LogP contribution in [-0.4, -0.2) is 40.3 Å². The van der Waals surface area contributed by atoms with E-state index in [1.807, 2.05) is 6.92 Å². The number of hydrogen-bond donors (Lipinski definition) is 1. The van der Waals surface area contributed by atoms with Gasteiger partial charge >= 0.3 is 0 Å². The number of nitrogens with zero attached hydrogens (tertiary/aromatic N) is 2. The van der Waals surface area contributed by atoms with Crippen LogP contribution in [-0.2, 0) is 17.3 Å². The number of hydrogen-bond acceptors (Lipinski definition) is 4. The first kappa shape index (κ1) is 16.4. The van der Waals surface area contributed by atoms with Gasteiger partial charge < -0.3 is 10.2 Å². The van der Waals surface area contributed by atoms with Crippen molar-refractivity contribution in [1.82, 2.24) is 10.3 Å². The molecule has 1 N–H and O–H groups in total. The fraction of sp³-hybridized carbons (Fsp3) is 0.688. The minimum Gasteiger partial charge on any atom is -0.354 e. The lowest BCUT2D eigenvalue weighted by atomic mass is 10.1. The molecule has 118 valence electrons. The van der Waals surface area contributed by atoms with Gasteiger partial charge in [0, 0.05) is 53.2 Å². The lowest BCUT2D eigenvalue weighted by Gasteiger charge is -2.30. The Kier molecular flexibility index (Phi) is 5.76. The highest BCUT2D eigenvalue weighted by molar-refractivity contribution is 7.85. The minimum absolute atomic E-state index is 0.643. The molecule has 0 bridgehead atoms. The fourth-order valence-corrected chi connectivity index (χ4v) is 3.71. The van der Waals surface area contributed by atoms with Crippen molar-refractivity contribution < 1.29 is 4.21 Å². The summed E-state index contributed by atoms with van der Waals surface area (Å²) in [4.78, 5) is 7.07. The van der Waals surface area contributed by atoms with Gasteiger partial charge in [-0.1, -0.05) is 13.8 Å². The van der Waals surface area contributed by atoms with Gasteiger partial charge in [-0.15, -0.1) is 0 Å².